The summed E-state index contributed by atoms with van der Waals surface area (Å²) in [5.74, 6) is 1.53. The van der Waals surface area contributed by atoms with Crippen molar-refractivity contribution in [2.45, 2.75) is 24.5 Å². The Morgan fingerprint density at radius 2 is 1.96 bits per heavy atom. The van der Waals surface area contributed by atoms with Gasteiger partial charge < -0.3 is 10.2 Å². The number of carbonyl (C=O) groups excluding carboxylic acids is 1. The maximum absolute atomic E-state index is 12.8. The van der Waals surface area contributed by atoms with E-state index in [1.165, 1.54) is 0 Å². The summed E-state index contributed by atoms with van der Waals surface area (Å²) in [4.78, 5) is 24.6. The minimum Gasteiger partial charge on any atom is -0.357 e. The Morgan fingerprint density at radius 1 is 1.15 bits per heavy atom. The summed E-state index contributed by atoms with van der Waals surface area (Å²) >= 11 is 3.20. The largest absolute Gasteiger partial charge is 0.357 e. The predicted octanol–water partition coefficient (Wildman–Crippen LogP) is 4.93. The van der Waals surface area contributed by atoms with Gasteiger partial charge in [-0.2, -0.15) is 0 Å². The Bertz CT molecular complexity index is 862. The molecular formula is C20H22N4OS2. The molecule has 0 fully saturated rings. The van der Waals surface area contributed by atoms with E-state index in [-0.39, 0.29) is 5.91 Å². The number of aromatic nitrogens is 2. The predicted molar refractivity (Wildman–Crippen MR) is 114 cm³/mol. The number of benzene rings is 1. The van der Waals surface area contributed by atoms with E-state index in [0.29, 0.717) is 11.3 Å². The van der Waals surface area contributed by atoms with Crippen LogP contribution >= 0.6 is 23.1 Å². The van der Waals surface area contributed by atoms with Gasteiger partial charge in [0.15, 0.2) is 0 Å². The van der Waals surface area contributed by atoms with Crippen LogP contribution in [0.2, 0.25) is 0 Å². The fourth-order valence-corrected chi connectivity index (χ4v) is 4.25. The van der Waals surface area contributed by atoms with Crippen LogP contribution in [0, 0.1) is 0 Å². The average Bonchev–Trinajstić information content (AvgIpc) is 3.22. The van der Waals surface area contributed by atoms with E-state index in [2.05, 4.69) is 34.0 Å². The molecule has 0 unspecified atom stereocenters. The smallest absolute Gasteiger partial charge is 0.256 e. The highest BCUT2D eigenvalue weighted by atomic mass is 32.2. The number of nitrogens with zero attached hydrogens (tertiary/aromatic N) is 3. The summed E-state index contributed by atoms with van der Waals surface area (Å²) in [5, 5.41) is 4.97. The van der Waals surface area contributed by atoms with Crippen LogP contribution < -0.4 is 10.2 Å². The zero-order valence-electron chi connectivity index (χ0n) is 15.4. The lowest BCUT2D eigenvalue weighted by Crippen LogP contribution is -2.23. The first-order valence-electron chi connectivity index (χ1n) is 8.82. The van der Waals surface area contributed by atoms with Gasteiger partial charge in [0.2, 0.25) is 0 Å². The van der Waals surface area contributed by atoms with Gasteiger partial charge in [-0.05, 0) is 38.1 Å². The molecule has 0 radical (unpaired) electrons. The quantitative estimate of drug-likeness (QED) is 0.545. The summed E-state index contributed by atoms with van der Waals surface area (Å²) in [6, 6.07) is 11.5. The maximum Gasteiger partial charge on any atom is 0.256 e. The third-order valence-electron chi connectivity index (χ3n) is 4.08. The summed E-state index contributed by atoms with van der Waals surface area (Å²) < 4.78 is 0. The van der Waals surface area contributed by atoms with Gasteiger partial charge in [-0.15, -0.1) is 23.1 Å². The average molecular weight is 399 g/mol. The van der Waals surface area contributed by atoms with Crippen LogP contribution in [0.1, 0.15) is 29.9 Å². The fraction of sp³-hybridized carbons (Fsp3) is 0.250. The van der Waals surface area contributed by atoms with E-state index in [0.717, 1.165) is 35.2 Å². The van der Waals surface area contributed by atoms with Crippen molar-refractivity contribution in [1.29, 1.82) is 0 Å². The highest BCUT2D eigenvalue weighted by Gasteiger charge is 2.13. The first-order chi connectivity index (χ1) is 13.2. The minimum absolute atomic E-state index is 0.131. The molecule has 7 heteroatoms. The summed E-state index contributed by atoms with van der Waals surface area (Å²) in [6.45, 7) is 6.00. The molecule has 1 amide bonds. The van der Waals surface area contributed by atoms with Gasteiger partial charge >= 0.3 is 0 Å². The first kappa shape index (κ1) is 19.4. The van der Waals surface area contributed by atoms with E-state index in [1.807, 2.05) is 47.3 Å². The van der Waals surface area contributed by atoms with Crippen molar-refractivity contribution >= 4 is 40.5 Å². The summed E-state index contributed by atoms with van der Waals surface area (Å²) in [6.07, 6.45) is 1.70. The maximum atomic E-state index is 12.8. The van der Waals surface area contributed by atoms with Gasteiger partial charge in [0.1, 0.15) is 5.82 Å². The molecule has 3 aromatic rings. The fourth-order valence-electron chi connectivity index (χ4n) is 2.63. The van der Waals surface area contributed by atoms with Crippen molar-refractivity contribution in [1.82, 2.24) is 9.97 Å². The van der Waals surface area contributed by atoms with Crippen molar-refractivity contribution in [2.24, 2.45) is 0 Å². The van der Waals surface area contributed by atoms with E-state index < -0.39 is 0 Å². The number of thiazole rings is 1. The third-order valence-corrected chi connectivity index (χ3v) is 5.83. The van der Waals surface area contributed by atoms with E-state index in [9.17, 15) is 4.79 Å². The molecule has 2 aromatic heterocycles. The summed E-state index contributed by atoms with van der Waals surface area (Å²) in [7, 11) is 0. The molecule has 2 heterocycles. The van der Waals surface area contributed by atoms with E-state index in [4.69, 9.17) is 0 Å². The molecule has 0 aliphatic rings. The van der Waals surface area contributed by atoms with Crippen molar-refractivity contribution in [3.8, 4) is 0 Å². The monoisotopic (exact) mass is 398 g/mol. The minimum atomic E-state index is -0.131. The lowest BCUT2D eigenvalue weighted by atomic mass is 10.2. The second-order valence-electron chi connectivity index (χ2n) is 5.80. The van der Waals surface area contributed by atoms with Crippen LogP contribution in [0.3, 0.4) is 0 Å². The molecule has 3 rings (SSSR count). The van der Waals surface area contributed by atoms with Crippen LogP contribution in [0.25, 0.3) is 0 Å². The van der Waals surface area contributed by atoms with Crippen molar-refractivity contribution in [3.63, 3.8) is 0 Å². The molecule has 0 bridgehead atoms. The Labute approximate surface area is 167 Å². The van der Waals surface area contributed by atoms with Gasteiger partial charge in [-0.1, -0.05) is 12.1 Å². The molecule has 140 valence electrons. The van der Waals surface area contributed by atoms with Crippen LogP contribution in [-0.4, -0.2) is 29.0 Å². The van der Waals surface area contributed by atoms with Gasteiger partial charge in [-0.3, -0.25) is 4.79 Å². The van der Waals surface area contributed by atoms with Crippen LogP contribution in [0.5, 0.6) is 0 Å². The topological polar surface area (TPSA) is 58.1 Å². The number of hydrogen-bond donors (Lipinski definition) is 1. The standard InChI is InChI=1S/C20H22N4OS2/c1-3-24(4-2)19-10-9-15(11-21-19)23-20(25)17-7-5-6-8-18(17)27-13-16-12-26-14-22-16/h5-12,14H,3-4,13H2,1-2H3,(H,23,25). The van der Waals surface area contributed by atoms with Crippen LogP contribution in [-0.2, 0) is 5.75 Å². The third kappa shape index (κ3) is 5.08. The Morgan fingerprint density at radius 3 is 2.63 bits per heavy atom. The summed E-state index contributed by atoms with van der Waals surface area (Å²) in [5.41, 5.74) is 4.20. The van der Waals surface area contributed by atoms with Crippen molar-refractivity contribution in [3.05, 3.63) is 64.7 Å². The Kier molecular flexibility index (Phi) is 6.84. The van der Waals surface area contributed by atoms with Crippen molar-refractivity contribution < 1.29 is 4.79 Å². The Balaban J connectivity index is 1.69. The molecule has 5 nitrogen and oxygen atoms in total. The number of anilines is 2. The molecule has 0 saturated carbocycles. The van der Waals surface area contributed by atoms with Crippen molar-refractivity contribution in [2.75, 3.05) is 23.3 Å². The normalized spacial score (nSPS) is 10.6. The lowest BCUT2D eigenvalue weighted by molar-refractivity contribution is 0.102. The van der Waals surface area contributed by atoms with Gasteiger partial charge in [0.25, 0.3) is 5.91 Å². The second kappa shape index (κ2) is 9.53. The molecule has 27 heavy (non-hydrogen) atoms. The number of nitrogens with one attached hydrogen (secondary N) is 1. The van der Waals surface area contributed by atoms with Crippen LogP contribution in [0.4, 0.5) is 11.5 Å². The number of hydrogen-bond acceptors (Lipinski definition) is 6. The molecule has 1 aromatic carbocycles. The SMILES string of the molecule is CCN(CC)c1ccc(NC(=O)c2ccccc2SCc2cscn2)cn1. The van der Waals surface area contributed by atoms with Gasteiger partial charge in [-0.25, -0.2) is 9.97 Å². The van der Waals surface area contributed by atoms with Gasteiger partial charge in [0.05, 0.1) is 28.7 Å². The lowest BCUT2D eigenvalue weighted by Gasteiger charge is -2.19. The molecular weight excluding hydrogens is 376 g/mol. The zero-order valence-corrected chi connectivity index (χ0v) is 17.0. The number of rotatable bonds is 8. The van der Waals surface area contributed by atoms with Gasteiger partial charge in [0, 0.05) is 29.1 Å². The Hall–Kier alpha value is -2.38. The highest BCUT2D eigenvalue weighted by molar-refractivity contribution is 7.98. The molecule has 1 N–H and O–H groups in total. The number of amides is 1. The highest BCUT2D eigenvalue weighted by Crippen LogP contribution is 2.27. The second-order valence-corrected chi connectivity index (χ2v) is 7.53. The number of thioether (sulfide) groups is 1. The van der Waals surface area contributed by atoms with Crippen LogP contribution in [0.15, 0.2) is 58.4 Å². The molecule has 0 aliphatic heterocycles. The zero-order chi connectivity index (χ0) is 19.1. The number of pyridine rings is 1. The van der Waals surface area contributed by atoms with E-state index >= 15 is 0 Å². The molecule has 0 saturated heterocycles. The molecule has 0 atom stereocenters. The first-order valence-corrected chi connectivity index (χ1v) is 10.7. The molecule has 0 spiro atoms. The van der Waals surface area contributed by atoms with E-state index in [1.54, 1.807) is 29.3 Å². The molecule has 0 aliphatic carbocycles. The number of carbonyl (C=O) groups is 1.